The quantitative estimate of drug-likeness (QED) is 0.805. The lowest BCUT2D eigenvalue weighted by Crippen LogP contribution is -2.42. The van der Waals surface area contributed by atoms with Crippen LogP contribution in [0.25, 0.3) is 0 Å². The first-order valence-electron chi connectivity index (χ1n) is 6.94. The van der Waals surface area contributed by atoms with E-state index in [0.717, 1.165) is 0 Å². The molecular weight excluding hydrogens is 290 g/mol. The maximum atomic E-state index is 12.7. The summed E-state index contributed by atoms with van der Waals surface area (Å²) in [7, 11) is -1.95. The van der Waals surface area contributed by atoms with Crippen LogP contribution in [0.2, 0.25) is 0 Å². The van der Waals surface area contributed by atoms with E-state index in [2.05, 4.69) is 5.32 Å². The summed E-state index contributed by atoms with van der Waals surface area (Å²) in [6, 6.07) is 4.89. The molecule has 0 aliphatic carbocycles. The molecule has 0 radical (unpaired) electrons. The summed E-state index contributed by atoms with van der Waals surface area (Å²) in [5.41, 5.74) is 6.81. The molecule has 0 saturated carbocycles. The maximum Gasteiger partial charge on any atom is 0.243 e. The van der Waals surface area contributed by atoms with Crippen LogP contribution >= 0.6 is 0 Å². The predicted molar refractivity (Wildman–Crippen MR) is 81.1 cm³/mol. The van der Waals surface area contributed by atoms with Crippen molar-refractivity contribution in [2.75, 3.05) is 25.9 Å². The number of carbonyl (C=O) groups is 1. The van der Waals surface area contributed by atoms with Gasteiger partial charge in [0.15, 0.2) is 0 Å². The molecule has 0 aromatic heterocycles. The average molecular weight is 311 g/mol. The number of hydrogen-bond donors (Lipinski definition) is 2. The van der Waals surface area contributed by atoms with E-state index in [9.17, 15) is 13.2 Å². The van der Waals surface area contributed by atoms with Gasteiger partial charge in [-0.3, -0.25) is 4.79 Å². The highest BCUT2D eigenvalue weighted by Crippen LogP contribution is 2.26. The Balaban J connectivity index is 2.19. The van der Waals surface area contributed by atoms with Crippen molar-refractivity contribution >= 4 is 21.6 Å². The first-order chi connectivity index (χ1) is 9.86. The topological polar surface area (TPSA) is 92.5 Å². The van der Waals surface area contributed by atoms with Crippen molar-refractivity contribution < 1.29 is 13.2 Å². The van der Waals surface area contributed by atoms with Gasteiger partial charge >= 0.3 is 0 Å². The molecule has 0 unspecified atom stereocenters. The van der Waals surface area contributed by atoms with Crippen molar-refractivity contribution in [1.82, 2.24) is 9.62 Å². The van der Waals surface area contributed by atoms with E-state index in [1.165, 1.54) is 10.4 Å². The van der Waals surface area contributed by atoms with Gasteiger partial charge in [0.05, 0.1) is 4.90 Å². The van der Waals surface area contributed by atoms with E-state index in [0.29, 0.717) is 37.2 Å². The Labute approximate surface area is 125 Å². The highest BCUT2D eigenvalue weighted by atomic mass is 32.2. The molecule has 1 aliphatic heterocycles. The summed E-state index contributed by atoms with van der Waals surface area (Å²) in [4.78, 5) is 11.8. The van der Waals surface area contributed by atoms with Crippen LogP contribution in [0.4, 0.5) is 5.69 Å². The molecule has 1 heterocycles. The molecule has 3 N–H and O–H groups in total. The zero-order chi connectivity index (χ0) is 15.6. The standard InChI is InChI=1S/C14H21N3O3S/c1-10-3-4-12(15)9-13(10)21(19,20)17-7-5-11(6-8-17)14(18)16-2/h3-4,9,11H,5-8,15H2,1-2H3,(H,16,18). The molecule has 116 valence electrons. The third-order valence-corrected chi connectivity index (χ3v) is 5.94. The van der Waals surface area contributed by atoms with Crippen LogP contribution in [0.1, 0.15) is 18.4 Å². The number of nitrogen functional groups attached to an aromatic ring is 1. The summed E-state index contributed by atoms with van der Waals surface area (Å²) < 4.78 is 26.8. The van der Waals surface area contributed by atoms with Crippen LogP contribution in [0, 0.1) is 12.8 Å². The number of nitrogens with zero attached hydrogens (tertiary/aromatic N) is 1. The minimum absolute atomic E-state index is 0.0211. The maximum absolute atomic E-state index is 12.7. The Kier molecular flexibility index (Phi) is 4.53. The third kappa shape index (κ3) is 3.19. The Morgan fingerprint density at radius 3 is 2.52 bits per heavy atom. The van der Waals surface area contributed by atoms with Gasteiger partial charge in [-0.05, 0) is 37.5 Å². The van der Waals surface area contributed by atoms with E-state index in [4.69, 9.17) is 5.73 Å². The number of sulfonamides is 1. The number of carbonyl (C=O) groups excluding carboxylic acids is 1. The van der Waals surface area contributed by atoms with Crippen molar-refractivity contribution in [3.8, 4) is 0 Å². The second-order valence-corrected chi connectivity index (χ2v) is 7.22. The Morgan fingerprint density at radius 1 is 1.33 bits per heavy atom. The van der Waals surface area contributed by atoms with Gasteiger partial charge in [-0.1, -0.05) is 6.07 Å². The van der Waals surface area contributed by atoms with Crippen molar-refractivity contribution in [3.05, 3.63) is 23.8 Å². The van der Waals surface area contributed by atoms with Crippen molar-refractivity contribution in [3.63, 3.8) is 0 Å². The van der Waals surface area contributed by atoms with E-state index in [1.807, 2.05) is 0 Å². The van der Waals surface area contributed by atoms with Crippen LogP contribution in [0.3, 0.4) is 0 Å². The minimum Gasteiger partial charge on any atom is -0.399 e. The molecule has 2 rings (SSSR count). The molecule has 1 saturated heterocycles. The van der Waals surface area contributed by atoms with E-state index >= 15 is 0 Å². The average Bonchev–Trinajstić information content (AvgIpc) is 2.49. The van der Waals surface area contributed by atoms with Gasteiger partial charge in [-0.2, -0.15) is 4.31 Å². The predicted octanol–water partition coefficient (Wildman–Crippen LogP) is 0.724. The van der Waals surface area contributed by atoms with Gasteiger partial charge in [-0.15, -0.1) is 0 Å². The number of nitrogens with one attached hydrogen (secondary N) is 1. The van der Waals surface area contributed by atoms with Crippen molar-refractivity contribution in [2.45, 2.75) is 24.7 Å². The zero-order valence-electron chi connectivity index (χ0n) is 12.3. The molecule has 7 heteroatoms. The molecule has 6 nitrogen and oxygen atoms in total. The van der Waals surface area contributed by atoms with Crippen molar-refractivity contribution in [2.24, 2.45) is 5.92 Å². The lowest BCUT2D eigenvalue weighted by atomic mass is 9.97. The third-order valence-electron chi connectivity index (χ3n) is 3.90. The summed E-state index contributed by atoms with van der Waals surface area (Å²) in [6.07, 6.45) is 1.08. The van der Waals surface area contributed by atoms with Gasteiger partial charge in [-0.25, -0.2) is 8.42 Å². The van der Waals surface area contributed by atoms with Crippen LogP contribution < -0.4 is 11.1 Å². The molecule has 0 spiro atoms. The molecule has 1 fully saturated rings. The summed E-state index contributed by atoms with van der Waals surface area (Å²) in [5.74, 6) is -0.129. The van der Waals surface area contributed by atoms with Crippen LogP contribution in [0.15, 0.2) is 23.1 Å². The largest absolute Gasteiger partial charge is 0.399 e. The van der Waals surface area contributed by atoms with Crippen LogP contribution in [-0.2, 0) is 14.8 Å². The Bertz CT molecular complexity index is 635. The minimum atomic E-state index is -3.55. The molecule has 21 heavy (non-hydrogen) atoms. The monoisotopic (exact) mass is 311 g/mol. The van der Waals surface area contributed by atoms with Crippen LogP contribution in [0.5, 0.6) is 0 Å². The van der Waals surface area contributed by atoms with E-state index < -0.39 is 10.0 Å². The lowest BCUT2D eigenvalue weighted by Gasteiger charge is -2.30. The molecule has 1 aromatic rings. The fourth-order valence-electron chi connectivity index (χ4n) is 2.60. The highest BCUT2D eigenvalue weighted by molar-refractivity contribution is 7.89. The fraction of sp³-hybridized carbons (Fsp3) is 0.500. The molecular formula is C14H21N3O3S. The number of nitrogens with two attached hydrogens (primary N) is 1. The second kappa shape index (κ2) is 6.03. The Morgan fingerprint density at radius 2 is 1.95 bits per heavy atom. The number of aryl methyl sites for hydroxylation is 1. The first kappa shape index (κ1) is 15.8. The summed E-state index contributed by atoms with van der Waals surface area (Å²) in [5, 5.41) is 2.61. The Hall–Kier alpha value is -1.60. The number of benzene rings is 1. The highest BCUT2D eigenvalue weighted by Gasteiger charge is 2.32. The molecule has 0 bridgehead atoms. The van der Waals surface area contributed by atoms with Gasteiger partial charge in [0.25, 0.3) is 0 Å². The second-order valence-electron chi connectivity index (χ2n) is 5.32. The number of anilines is 1. The first-order valence-corrected chi connectivity index (χ1v) is 8.38. The van der Waals surface area contributed by atoms with Gasteiger partial charge in [0.2, 0.25) is 15.9 Å². The van der Waals surface area contributed by atoms with Crippen molar-refractivity contribution in [1.29, 1.82) is 0 Å². The molecule has 0 atom stereocenters. The smallest absolute Gasteiger partial charge is 0.243 e. The van der Waals surface area contributed by atoms with E-state index in [1.54, 1.807) is 26.1 Å². The number of piperidine rings is 1. The van der Waals surface area contributed by atoms with Gasteiger partial charge in [0, 0.05) is 31.7 Å². The number of rotatable bonds is 3. The van der Waals surface area contributed by atoms with E-state index in [-0.39, 0.29) is 16.7 Å². The van der Waals surface area contributed by atoms with Gasteiger partial charge in [0.1, 0.15) is 0 Å². The zero-order valence-corrected chi connectivity index (χ0v) is 13.1. The summed E-state index contributed by atoms with van der Waals surface area (Å²) >= 11 is 0. The number of amides is 1. The fourth-order valence-corrected chi connectivity index (χ4v) is 4.33. The molecule has 1 aliphatic rings. The number of hydrogen-bond acceptors (Lipinski definition) is 4. The SMILES string of the molecule is CNC(=O)C1CCN(S(=O)(=O)c2cc(N)ccc2C)CC1. The molecule has 1 amide bonds. The molecule has 1 aromatic carbocycles. The normalized spacial score (nSPS) is 17.6. The van der Waals surface area contributed by atoms with Gasteiger partial charge < -0.3 is 11.1 Å². The lowest BCUT2D eigenvalue weighted by molar-refractivity contribution is -0.125. The summed E-state index contributed by atoms with van der Waals surface area (Å²) in [6.45, 7) is 2.47. The van der Waals surface area contributed by atoms with Crippen LogP contribution in [-0.4, -0.2) is 38.8 Å².